The van der Waals surface area contributed by atoms with Gasteiger partial charge < -0.3 is 15.3 Å². The van der Waals surface area contributed by atoms with Gasteiger partial charge in [0, 0.05) is 45.0 Å². The Kier molecular flexibility index (Phi) is 5.92. The third-order valence-corrected chi connectivity index (χ3v) is 7.11. The number of aromatic nitrogens is 1. The summed E-state index contributed by atoms with van der Waals surface area (Å²) in [5.74, 6) is 0.885. The van der Waals surface area contributed by atoms with E-state index in [1.165, 1.54) is 24.0 Å². The van der Waals surface area contributed by atoms with Gasteiger partial charge in [0.15, 0.2) is 0 Å². The number of rotatable bonds is 5. The molecule has 0 unspecified atom stereocenters. The van der Waals surface area contributed by atoms with E-state index >= 15 is 0 Å². The van der Waals surface area contributed by atoms with Gasteiger partial charge in [-0.15, -0.1) is 0 Å². The van der Waals surface area contributed by atoms with Crippen LogP contribution in [0.3, 0.4) is 0 Å². The Labute approximate surface area is 184 Å². The van der Waals surface area contributed by atoms with E-state index in [1.807, 2.05) is 12.1 Å². The zero-order chi connectivity index (χ0) is 21.2. The molecule has 3 aliphatic rings. The van der Waals surface area contributed by atoms with E-state index in [0.29, 0.717) is 18.2 Å². The minimum atomic E-state index is -0.0996. The summed E-state index contributed by atoms with van der Waals surface area (Å²) in [6, 6.07) is 11.0. The van der Waals surface area contributed by atoms with Crippen LogP contribution in [-0.4, -0.2) is 59.2 Å². The van der Waals surface area contributed by atoms with Crippen molar-refractivity contribution in [3.8, 4) is 0 Å². The molecule has 2 N–H and O–H groups in total. The van der Waals surface area contributed by atoms with Crippen molar-refractivity contribution in [2.24, 2.45) is 0 Å². The van der Waals surface area contributed by atoms with Crippen molar-refractivity contribution in [3.63, 3.8) is 0 Å². The topological polar surface area (TPSA) is 68.7 Å². The van der Waals surface area contributed by atoms with E-state index in [9.17, 15) is 9.90 Å². The lowest BCUT2D eigenvalue weighted by molar-refractivity contribution is 0.00334. The first-order valence-corrected chi connectivity index (χ1v) is 11.7. The highest BCUT2D eigenvalue weighted by atomic mass is 16.3. The van der Waals surface area contributed by atoms with Crippen molar-refractivity contribution in [1.82, 2.24) is 15.2 Å². The first-order chi connectivity index (χ1) is 15.2. The van der Waals surface area contributed by atoms with Crippen LogP contribution in [0.1, 0.15) is 52.7 Å². The molecule has 0 atom stereocenters. The lowest BCUT2D eigenvalue weighted by atomic mass is 9.88. The number of aliphatic hydroxyl groups excluding tert-OH is 1. The molecule has 2 aromatic rings. The molecular weight excluding hydrogens is 388 g/mol. The van der Waals surface area contributed by atoms with Crippen LogP contribution in [0.4, 0.5) is 5.82 Å². The van der Waals surface area contributed by atoms with Gasteiger partial charge in [-0.2, -0.15) is 0 Å². The Morgan fingerprint density at radius 2 is 1.81 bits per heavy atom. The fraction of sp³-hybridized carbons (Fsp3) is 0.520. The third-order valence-electron chi connectivity index (χ3n) is 7.11. The van der Waals surface area contributed by atoms with Gasteiger partial charge in [0.25, 0.3) is 5.91 Å². The summed E-state index contributed by atoms with van der Waals surface area (Å²) in [4.78, 5) is 21.9. The standard InChI is InChI=1S/C25H32N4O2/c30-23-14-22(15-23)28-11-7-19-4-3-18(13-20(19)8-12-28)16-27-25(31)21-5-6-24(26-17-21)29-9-1-2-10-29/h3-6,13,17,22-23,30H,1-2,7-12,14-16H2,(H,27,31). The summed E-state index contributed by atoms with van der Waals surface area (Å²) in [5, 5.41) is 12.7. The fourth-order valence-electron chi connectivity index (χ4n) is 5.07. The summed E-state index contributed by atoms with van der Waals surface area (Å²) in [7, 11) is 0. The quantitative estimate of drug-likeness (QED) is 0.778. The number of pyridine rings is 1. The molecule has 0 bridgehead atoms. The number of benzene rings is 1. The molecule has 0 spiro atoms. The van der Waals surface area contributed by atoms with E-state index in [-0.39, 0.29) is 12.0 Å². The minimum Gasteiger partial charge on any atom is -0.393 e. The zero-order valence-electron chi connectivity index (χ0n) is 18.1. The van der Waals surface area contributed by atoms with Crippen LogP contribution in [0.5, 0.6) is 0 Å². The first-order valence-electron chi connectivity index (χ1n) is 11.7. The third kappa shape index (κ3) is 4.60. The second-order valence-corrected chi connectivity index (χ2v) is 9.20. The maximum Gasteiger partial charge on any atom is 0.253 e. The Morgan fingerprint density at radius 1 is 1.03 bits per heavy atom. The summed E-state index contributed by atoms with van der Waals surface area (Å²) in [6.07, 6.45) is 7.95. The number of hydrogen-bond acceptors (Lipinski definition) is 5. The van der Waals surface area contributed by atoms with Gasteiger partial charge in [-0.25, -0.2) is 4.98 Å². The van der Waals surface area contributed by atoms with Crippen LogP contribution in [0.2, 0.25) is 0 Å². The van der Waals surface area contributed by atoms with Gasteiger partial charge in [-0.1, -0.05) is 18.2 Å². The number of hydrogen-bond donors (Lipinski definition) is 2. The van der Waals surface area contributed by atoms with Crippen molar-refractivity contribution in [2.75, 3.05) is 31.1 Å². The normalized spacial score (nSPS) is 23.7. The van der Waals surface area contributed by atoms with Crippen LogP contribution in [0, 0.1) is 0 Å². The van der Waals surface area contributed by atoms with Crippen molar-refractivity contribution >= 4 is 11.7 Å². The van der Waals surface area contributed by atoms with Crippen molar-refractivity contribution in [3.05, 3.63) is 58.8 Å². The number of carbonyl (C=O) groups is 1. The molecule has 164 valence electrons. The van der Waals surface area contributed by atoms with Crippen molar-refractivity contribution < 1.29 is 9.90 Å². The number of anilines is 1. The summed E-state index contributed by atoms with van der Waals surface area (Å²) >= 11 is 0. The molecule has 1 saturated heterocycles. The van der Waals surface area contributed by atoms with Crippen LogP contribution < -0.4 is 10.2 Å². The molecule has 6 heteroatoms. The van der Waals surface area contributed by atoms with Gasteiger partial charge in [0.1, 0.15) is 5.82 Å². The monoisotopic (exact) mass is 420 g/mol. The van der Waals surface area contributed by atoms with Gasteiger partial charge in [0.05, 0.1) is 11.7 Å². The Morgan fingerprint density at radius 3 is 2.52 bits per heavy atom. The molecule has 6 nitrogen and oxygen atoms in total. The summed E-state index contributed by atoms with van der Waals surface area (Å²) in [5.41, 5.74) is 4.56. The SMILES string of the molecule is O=C(NCc1ccc2c(c1)CCN(C1CC(O)C1)CC2)c1ccc(N2CCCC2)nc1. The van der Waals surface area contributed by atoms with Gasteiger partial charge in [0.2, 0.25) is 0 Å². The molecule has 1 aromatic heterocycles. The first kappa shape index (κ1) is 20.5. The summed E-state index contributed by atoms with van der Waals surface area (Å²) < 4.78 is 0. The Hall–Kier alpha value is -2.44. The largest absolute Gasteiger partial charge is 0.393 e. The van der Waals surface area contributed by atoms with Crippen LogP contribution >= 0.6 is 0 Å². The molecule has 0 radical (unpaired) electrons. The molecule has 3 heterocycles. The van der Waals surface area contributed by atoms with E-state index in [1.54, 1.807) is 6.20 Å². The molecule has 1 saturated carbocycles. The lowest BCUT2D eigenvalue weighted by Gasteiger charge is -2.40. The van der Waals surface area contributed by atoms with Crippen LogP contribution in [-0.2, 0) is 19.4 Å². The molecule has 2 aliphatic heterocycles. The molecule has 1 aliphatic carbocycles. The highest BCUT2D eigenvalue weighted by Gasteiger charge is 2.32. The predicted octanol–water partition coefficient (Wildman–Crippen LogP) is 2.54. The second kappa shape index (κ2) is 8.97. The molecule has 2 fully saturated rings. The molecule has 1 amide bonds. The maximum absolute atomic E-state index is 12.6. The van der Waals surface area contributed by atoms with Crippen molar-refractivity contribution in [1.29, 1.82) is 0 Å². The van der Waals surface area contributed by atoms with E-state index in [4.69, 9.17) is 0 Å². The second-order valence-electron chi connectivity index (χ2n) is 9.20. The van der Waals surface area contributed by atoms with Crippen LogP contribution in [0.25, 0.3) is 0 Å². The lowest BCUT2D eigenvalue weighted by Crippen LogP contribution is -2.48. The minimum absolute atomic E-state index is 0.0786. The highest BCUT2D eigenvalue weighted by molar-refractivity contribution is 5.94. The van der Waals surface area contributed by atoms with E-state index in [2.05, 4.69) is 38.3 Å². The number of aliphatic hydroxyl groups is 1. The number of nitrogens with one attached hydrogen (secondary N) is 1. The number of amides is 1. The van der Waals surface area contributed by atoms with E-state index in [0.717, 1.165) is 63.2 Å². The Balaban J connectivity index is 1.16. The fourth-order valence-corrected chi connectivity index (χ4v) is 5.07. The molecular formula is C25H32N4O2. The average Bonchev–Trinajstić information content (AvgIpc) is 3.23. The zero-order valence-corrected chi connectivity index (χ0v) is 18.1. The van der Waals surface area contributed by atoms with Gasteiger partial charge >= 0.3 is 0 Å². The predicted molar refractivity (Wildman–Crippen MR) is 121 cm³/mol. The molecule has 31 heavy (non-hydrogen) atoms. The van der Waals surface area contributed by atoms with Gasteiger partial charge in [-0.3, -0.25) is 9.69 Å². The number of carbonyl (C=O) groups excluding carboxylic acids is 1. The average molecular weight is 421 g/mol. The van der Waals surface area contributed by atoms with Crippen molar-refractivity contribution in [2.45, 2.75) is 57.2 Å². The summed E-state index contributed by atoms with van der Waals surface area (Å²) in [6.45, 7) is 4.75. The molecule has 1 aromatic carbocycles. The Bertz CT molecular complexity index is 918. The smallest absolute Gasteiger partial charge is 0.253 e. The molecule has 5 rings (SSSR count). The number of fused-ring (bicyclic) bond motifs is 1. The highest BCUT2D eigenvalue weighted by Crippen LogP contribution is 2.28. The number of nitrogens with zero attached hydrogens (tertiary/aromatic N) is 3. The maximum atomic E-state index is 12.6. The van der Waals surface area contributed by atoms with Gasteiger partial charge in [-0.05, 0) is 67.3 Å². The van der Waals surface area contributed by atoms with Crippen LogP contribution in [0.15, 0.2) is 36.5 Å². The van der Waals surface area contributed by atoms with E-state index < -0.39 is 0 Å².